The van der Waals surface area contributed by atoms with Crippen molar-refractivity contribution in [2.45, 2.75) is 18.9 Å². The molecule has 0 saturated carbocycles. The van der Waals surface area contributed by atoms with Crippen molar-refractivity contribution in [1.29, 1.82) is 0 Å². The largest absolute Gasteiger partial charge is 0.269 e. The molecule has 0 bridgehead atoms. The Hall–Kier alpha value is -0.170. The molecule has 5 nitrogen and oxygen atoms in total. The van der Waals surface area contributed by atoms with Gasteiger partial charge in [0.25, 0.3) is 0 Å². The second-order valence-corrected chi connectivity index (χ2v) is 5.56. The highest BCUT2D eigenvalue weighted by molar-refractivity contribution is 7.88. The summed E-state index contributed by atoms with van der Waals surface area (Å²) >= 11 is 0. The third-order valence-electron chi connectivity index (χ3n) is 2.40. The molecule has 0 aromatic rings. The Labute approximate surface area is 79.5 Å². The fourth-order valence-corrected chi connectivity index (χ4v) is 2.46. The number of likely N-dealkylation sites (N-methyl/N-ethyl adjacent to an activating group) is 1. The molecule has 1 aliphatic heterocycles. The molecule has 0 radical (unpaired) electrons. The quantitative estimate of drug-likeness (QED) is 0.476. The molecule has 0 aromatic carbocycles. The van der Waals surface area contributed by atoms with E-state index in [1.54, 1.807) is 12.1 Å². The van der Waals surface area contributed by atoms with E-state index in [0.29, 0.717) is 13.1 Å². The fraction of sp³-hybridized carbons (Fsp3) is 1.00. The van der Waals surface area contributed by atoms with Crippen LogP contribution in [0.5, 0.6) is 0 Å². The topological polar surface area (TPSA) is 66.6 Å². The average molecular weight is 207 g/mol. The van der Waals surface area contributed by atoms with Crippen LogP contribution in [0.1, 0.15) is 12.8 Å². The highest BCUT2D eigenvalue weighted by Gasteiger charge is 2.26. The van der Waals surface area contributed by atoms with Crippen LogP contribution in [-0.2, 0) is 10.0 Å². The molecule has 1 fully saturated rings. The van der Waals surface area contributed by atoms with E-state index in [9.17, 15) is 8.42 Å². The molecule has 13 heavy (non-hydrogen) atoms. The number of nitrogens with zero attached hydrogens (tertiary/aromatic N) is 2. The van der Waals surface area contributed by atoms with Crippen LogP contribution in [0.15, 0.2) is 0 Å². The van der Waals surface area contributed by atoms with Crippen molar-refractivity contribution >= 4 is 10.0 Å². The van der Waals surface area contributed by atoms with Gasteiger partial charge in [-0.15, -0.1) is 0 Å². The molecule has 0 aliphatic carbocycles. The first-order valence-electron chi connectivity index (χ1n) is 4.34. The Balaban J connectivity index is 2.62. The number of hydrogen-bond acceptors (Lipinski definition) is 4. The van der Waals surface area contributed by atoms with Gasteiger partial charge in [0.05, 0.1) is 6.26 Å². The Morgan fingerprint density at radius 3 is 2.62 bits per heavy atom. The minimum absolute atomic E-state index is 0.156. The molecule has 6 heteroatoms. The summed E-state index contributed by atoms with van der Waals surface area (Å²) in [6.07, 6.45) is 3.10. The van der Waals surface area contributed by atoms with E-state index in [0.717, 1.165) is 12.8 Å². The van der Waals surface area contributed by atoms with Crippen molar-refractivity contribution in [2.75, 3.05) is 26.4 Å². The lowest BCUT2D eigenvalue weighted by molar-refractivity contribution is 0.166. The minimum atomic E-state index is -3.04. The first kappa shape index (κ1) is 10.9. The molecule has 1 saturated heterocycles. The zero-order chi connectivity index (χ0) is 10.1. The highest BCUT2D eigenvalue weighted by atomic mass is 32.2. The first-order valence-corrected chi connectivity index (χ1v) is 6.19. The van der Waals surface area contributed by atoms with Gasteiger partial charge in [-0.3, -0.25) is 5.84 Å². The van der Waals surface area contributed by atoms with Gasteiger partial charge in [-0.1, -0.05) is 0 Å². The van der Waals surface area contributed by atoms with E-state index in [-0.39, 0.29) is 6.04 Å². The maximum absolute atomic E-state index is 11.2. The average Bonchev–Trinajstić information content (AvgIpc) is 2.03. The molecule has 0 aromatic heterocycles. The minimum Gasteiger partial charge on any atom is -0.269 e. The van der Waals surface area contributed by atoms with Crippen LogP contribution in [0.2, 0.25) is 0 Å². The molecule has 1 atom stereocenters. The fourth-order valence-electron chi connectivity index (χ4n) is 1.55. The Bertz CT molecular complexity index is 263. The molecular formula is C7H17N3O2S. The summed E-state index contributed by atoms with van der Waals surface area (Å²) in [6, 6.07) is 0.156. The van der Waals surface area contributed by atoms with Crippen LogP contribution < -0.4 is 5.84 Å². The Kier molecular flexibility index (Phi) is 3.28. The predicted octanol–water partition coefficient (Wildman–Crippen LogP) is -0.784. The van der Waals surface area contributed by atoms with E-state index >= 15 is 0 Å². The van der Waals surface area contributed by atoms with E-state index in [1.807, 2.05) is 0 Å². The van der Waals surface area contributed by atoms with Crippen molar-refractivity contribution < 1.29 is 8.42 Å². The highest BCUT2D eigenvalue weighted by Crippen LogP contribution is 2.14. The normalized spacial score (nSPS) is 26.6. The van der Waals surface area contributed by atoms with Gasteiger partial charge in [-0.25, -0.2) is 17.7 Å². The number of nitrogens with two attached hydrogens (primary N) is 1. The summed E-state index contributed by atoms with van der Waals surface area (Å²) < 4.78 is 23.9. The van der Waals surface area contributed by atoms with E-state index < -0.39 is 10.0 Å². The van der Waals surface area contributed by atoms with Gasteiger partial charge in [0.1, 0.15) is 0 Å². The molecule has 0 amide bonds. The van der Waals surface area contributed by atoms with Crippen LogP contribution in [0.3, 0.4) is 0 Å². The van der Waals surface area contributed by atoms with Crippen LogP contribution >= 0.6 is 0 Å². The lowest BCUT2D eigenvalue weighted by atomic mass is 10.1. The second-order valence-electron chi connectivity index (χ2n) is 3.58. The molecule has 78 valence electrons. The predicted molar refractivity (Wildman–Crippen MR) is 51.4 cm³/mol. The lowest BCUT2D eigenvalue weighted by Gasteiger charge is -2.34. The number of hydrazine groups is 1. The number of piperidine rings is 1. The molecule has 2 N–H and O–H groups in total. The van der Waals surface area contributed by atoms with Crippen molar-refractivity contribution in [2.24, 2.45) is 5.84 Å². The molecule has 0 spiro atoms. The summed E-state index contributed by atoms with van der Waals surface area (Å²) in [7, 11) is -1.27. The molecular weight excluding hydrogens is 190 g/mol. The third-order valence-corrected chi connectivity index (χ3v) is 3.67. The summed E-state index contributed by atoms with van der Waals surface area (Å²) in [5.74, 6) is 5.58. The molecule has 1 heterocycles. The second kappa shape index (κ2) is 3.91. The van der Waals surface area contributed by atoms with Crippen molar-refractivity contribution in [3.05, 3.63) is 0 Å². The summed E-state index contributed by atoms with van der Waals surface area (Å²) in [5.41, 5.74) is 0. The summed E-state index contributed by atoms with van der Waals surface area (Å²) in [6.45, 7) is 1.15. The van der Waals surface area contributed by atoms with Gasteiger partial charge in [-0.05, 0) is 12.8 Å². The van der Waals surface area contributed by atoms with Gasteiger partial charge in [0, 0.05) is 26.2 Å². The van der Waals surface area contributed by atoms with Gasteiger partial charge < -0.3 is 0 Å². The standard InChI is InChI=1S/C7H17N3O2S/c1-9(8)7-4-3-5-10(6-7)13(2,11)12/h7H,3-6,8H2,1-2H3. The zero-order valence-corrected chi connectivity index (χ0v) is 8.92. The maximum Gasteiger partial charge on any atom is 0.211 e. The van der Waals surface area contributed by atoms with E-state index in [4.69, 9.17) is 5.84 Å². The Morgan fingerprint density at radius 1 is 1.54 bits per heavy atom. The van der Waals surface area contributed by atoms with E-state index in [2.05, 4.69) is 0 Å². The molecule has 1 unspecified atom stereocenters. The number of hydrogen-bond donors (Lipinski definition) is 1. The molecule has 1 aliphatic rings. The van der Waals surface area contributed by atoms with Gasteiger partial charge in [-0.2, -0.15) is 0 Å². The van der Waals surface area contributed by atoms with Crippen LogP contribution in [-0.4, -0.2) is 50.2 Å². The van der Waals surface area contributed by atoms with Crippen molar-refractivity contribution in [1.82, 2.24) is 9.31 Å². The van der Waals surface area contributed by atoms with Crippen LogP contribution in [0, 0.1) is 0 Å². The SMILES string of the molecule is CN(N)C1CCCN(S(C)(=O)=O)C1. The number of rotatable bonds is 2. The summed E-state index contributed by atoms with van der Waals surface area (Å²) in [4.78, 5) is 0. The maximum atomic E-state index is 11.2. The van der Waals surface area contributed by atoms with Gasteiger partial charge in [0.15, 0.2) is 0 Å². The van der Waals surface area contributed by atoms with Crippen LogP contribution in [0.25, 0.3) is 0 Å². The Morgan fingerprint density at radius 2 is 2.15 bits per heavy atom. The monoisotopic (exact) mass is 207 g/mol. The van der Waals surface area contributed by atoms with E-state index in [1.165, 1.54) is 10.6 Å². The van der Waals surface area contributed by atoms with Gasteiger partial charge >= 0.3 is 0 Å². The lowest BCUT2D eigenvalue weighted by Crippen LogP contribution is -2.50. The summed E-state index contributed by atoms with van der Waals surface area (Å²) in [5, 5.41) is 1.59. The zero-order valence-electron chi connectivity index (χ0n) is 8.10. The third kappa shape index (κ3) is 2.91. The van der Waals surface area contributed by atoms with Gasteiger partial charge in [0.2, 0.25) is 10.0 Å². The smallest absolute Gasteiger partial charge is 0.211 e. The molecule has 1 rings (SSSR count). The van der Waals surface area contributed by atoms with Crippen molar-refractivity contribution in [3.8, 4) is 0 Å². The van der Waals surface area contributed by atoms with Crippen LogP contribution in [0.4, 0.5) is 0 Å². The number of sulfonamides is 1. The van der Waals surface area contributed by atoms with Crippen molar-refractivity contribution in [3.63, 3.8) is 0 Å². The first-order chi connectivity index (χ1) is 5.91.